The van der Waals surface area contributed by atoms with Crippen molar-refractivity contribution in [2.75, 3.05) is 0 Å². The summed E-state index contributed by atoms with van der Waals surface area (Å²) >= 11 is 0. The number of nitrogens with zero attached hydrogens (tertiary/aromatic N) is 1. The summed E-state index contributed by atoms with van der Waals surface area (Å²) in [5.74, 6) is 0.0140. The van der Waals surface area contributed by atoms with Crippen molar-refractivity contribution in [3.63, 3.8) is 0 Å². The maximum Gasteiger partial charge on any atom is 0.488 e. The van der Waals surface area contributed by atoms with Gasteiger partial charge in [0.1, 0.15) is 5.60 Å². The lowest BCUT2D eigenvalue weighted by Gasteiger charge is -2.22. The molecular formula is C16H17BF3NO3. The molecule has 24 heavy (non-hydrogen) atoms. The molecule has 4 nitrogen and oxygen atoms in total. The van der Waals surface area contributed by atoms with Crippen molar-refractivity contribution in [2.45, 2.75) is 32.5 Å². The smallest absolute Gasteiger partial charge is 0.472 e. The average molecular weight is 339 g/mol. The number of aromatic nitrogens is 1. The predicted octanol–water partition coefficient (Wildman–Crippen LogP) is 2.62. The third-order valence-corrected chi connectivity index (χ3v) is 3.04. The second-order valence-corrected chi connectivity index (χ2v) is 6.26. The van der Waals surface area contributed by atoms with Gasteiger partial charge in [-0.1, -0.05) is 18.2 Å². The number of rotatable bonds is 3. The third-order valence-electron chi connectivity index (χ3n) is 3.04. The molecule has 8 heteroatoms. The van der Waals surface area contributed by atoms with E-state index in [2.05, 4.69) is 4.98 Å². The van der Waals surface area contributed by atoms with Crippen LogP contribution in [-0.4, -0.2) is 27.8 Å². The monoisotopic (exact) mass is 339 g/mol. The average Bonchev–Trinajstić information content (AvgIpc) is 2.44. The van der Waals surface area contributed by atoms with Crippen molar-refractivity contribution >= 4 is 12.6 Å². The number of alkyl halides is 3. The Bertz CT molecular complexity index is 727. The highest BCUT2D eigenvalue weighted by molar-refractivity contribution is 6.58. The molecule has 0 bridgehead atoms. The van der Waals surface area contributed by atoms with E-state index in [0.717, 1.165) is 6.07 Å². The van der Waals surface area contributed by atoms with Gasteiger partial charge in [-0.15, -0.1) is 0 Å². The minimum absolute atomic E-state index is 0.00349. The molecule has 2 aromatic rings. The first-order chi connectivity index (χ1) is 11.0. The van der Waals surface area contributed by atoms with E-state index in [1.807, 2.05) is 0 Å². The van der Waals surface area contributed by atoms with E-state index >= 15 is 0 Å². The first-order valence-electron chi connectivity index (χ1n) is 7.21. The highest BCUT2D eigenvalue weighted by Gasteiger charge is 2.34. The van der Waals surface area contributed by atoms with Gasteiger partial charge in [-0.05, 0) is 38.4 Å². The van der Waals surface area contributed by atoms with E-state index in [0.29, 0.717) is 0 Å². The molecule has 0 saturated heterocycles. The number of hydrogen-bond donors (Lipinski definition) is 2. The van der Waals surface area contributed by atoms with Crippen LogP contribution in [0.1, 0.15) is 26.3 Å². The molecule has 0 fully saturated rings. The Morgan fingerprint density at radius 3 is 2.21 bits per heavy atom. The van der Waals surface area contributed by atoms with Crippen LogP contribution in [0.15, 0.2) is 36.4 Å². The van der Waals surface area contributed by atoms with E-state index < -0.39 is 24.5 Å². The number of hydrogen-bond acceptors (Lipinski definition) is 4. The Morgan fingerprint density at radius 2 is 1.67 bits per heavy atom. The fourth-order valence-corrected chi connectivity index (χ4v) is 2.13. The Hall–Kier alpha value is -2.06. The molecule has 0 radical (unpaired) electrons. The SMILES string of the molecule is CC(C)(C)Oc1cc(B(O)O)cc(-c2ccccc2C(F)(F)F)n1. The van der Waals surface area contributed by atoms with Gasteiger partial charge in [0.25, 0.3) is 0 Å². The van der Waals surface area contributed by atoms with E-state index in [9.17, 15) is 23.2 Å². The summed E-state index contributed by atoms with van der Waals surface area (Å²) in [5.41, 5.74) is -1.72. The van der Waals surface area contributed by atoms with E-state index in [1.165, 1.54) is 30.3 Å². The molecular weight excluding hydrogens is 322 g/mol. The zero-order chi connectivity index (χ0) is 18.1. The van der Waals surface area contributed by atoms with Crippen LogP contribution < -0.4 is 10.2 Å². The van der Waals surface area contributed by atoms with Crippen LogP contribution in [0.4, 0.5) is 13.2 Å². The Morgan fingerprint density at radius 1 is 1.04 bits per heavy atom. The maximum atomic E-state index is 13.2. The molecule has 0 saturated carbocycles. The van der Waals surface area contributed by atoms with Crippen molar-refractivity contribution in [2.24, 2.45) is 0 Å². The third kappa shape index (κ3) is 4.49. The highest BCUT2D eigenvalue weighted by atomic mass is 19.4. The number of ether oxygens (including phenoxy) is 1. The van der Waals surface area contributed by atoms with Gasteiger partial charge in [0.2, 0.25) is 5.88 Å². The zero-order valence-electron chi connectivity index (χ0n) is 13.4. The van der Waals surface area contributed by atoms with Gasteiger partial charge in [0.05, 0.1) is 11.3 Å². The summed E-state index contributed by atoms with van der Waals surface area (Å²) < 4.78 is 45.2. The fourth-order valence-electron chi connectivity index (χ4n) is 2.13. The van der Waals surface area contributed by atoms with Gasteiger partial charge in [0.15, 0.2) is 0 Å². The van der Waals surface area contributed by atoms with Crippen molar-refractivity contribution < 1.29 is 28.0 Å². The molecule has 2 N–H and O–H groups in total. The minimum Gasteiger partial charge on any atom is -0.472 e. The van der Waals surface area contributed by atoms with Gasteiger partial charge in [0, 0.05) is 11.6 Å². The summed E-state index contributed by atoms with van der Waals surface area (Å²) in [6, 6.07) is 7.45. The van der Waals surface area contributed by atoms with Gasteiger partial charge in [-0.2, -0.15) is 13.2 Å². The summed E-state index contributed by atoms with van der Waals surface area (Å²) in [7, 11) is -1.85. The summed E-state index contributed by atoms with van der Waals surface area (Å²) in [4.78, 5) is 4.10. The lowest BCUT2D eigenvalue weighted by Crippen LogP contribution is -2.31. The van der Waals surface area contributed by atoms with Crippen molar-refractivity contribution in [1.82, 2.24) is 4.98 Å². The second-order valence-electron chi connectivity index (χ2n) is 6.26. The molecule has 0 aliphatic carbocycles. The van der Waals surface area contributed by atoms with Crippen LogP contribution in [0.2, 0.25) is 0 Å². The molecule has 1 aromatic carbocycles. The molecule has 0 aliphatic rings. The molecule has 0 aliphatic heterocycles. The van der Waals surface area contributed by atoms with Gasteiger partial charge >= 0.3 is 13.3 Å². The fraction of sp³-hybridized carbons (Fsp3) is 0.312. The molecule has 0 unspecified atom stereocenters. The van der Waals surface area contributed by atoms with Crippen LogP contribution in [0, 0.1) is 0 Å². The molecule has 128 valence electrons. The predicted molar refractivity (Wildman–Crippen MR) is 84.9 cm³/mol. The van der Waals surface area contributed by atoms with Crippen molar-refractivity contribution in [3.8, 4) is 17.1 Å². The topological polar surface area (TPSA) is 62.6 Å². The molecule has 1 aromatic heterocycles. The van der Waals surface area contributed by atoms with Crippen LogP contribution in [0.3, 0.4) is 0 Å². The van der Waals surface area contributed by atoms with E-state index in [-0.39, 0.29) is 22.6 Å². The highest BCUT2D eigenvalue weighted by Crippen LogP contribution is 2.36. The summed E-state index contributed by atoms with van der Waals surface area (Å²) in [5, 5.41) is 18.8. The first kappa shape index (κ1) is 18.3. The first-order valence-corrected chi connectivity index (χ1v) is 7.21. The van der Waals surface area contributed by atoms with Gasteiger partial charge < -0.3 is 14.8 Å². The molecule has 0 spiro atoms. The lowest BCUT2D eigenvalue weighted by atomic mass is 9.80. The lowest BCUT2D eigenvalue weighted by molar-refractivity contribution is -0.137. The number of benzene rings is 1. The quantitative estimate of drug-likeness (QED) is 0.844. The van der Waals surface area contributed by atoms with E-state index in [1.54, 1.807) is 20.8 Å². The Labute approximate surface area is 138 Å². The van der Waals surface area contributed by atoms with Crippen molar-refractivity contribution in [1.29, 1.82) is 0 Å². The molecule has 0 amide bonds. The second kappa shape index (κ2) is 6.45. The minimum atomic E-state index is -4.56. The van der Waals surface area contributed by atoms with Crippen LogP contribution in [0.25, 0.3) is 11.3 Å². The summed E-state index contributed by atoms with van der Waals surface area (Å²) in [6.45, 7) is 5.25. The van der Waals surface area contributed by atoms with Crippen molar-refractivity contribution in [3.05, 3.63) is 42.0 Å². The largest absolute Gasteiger partial charge is 0.488 e. The number of halogens is 3. The summed E-state index contributed by atoms with van der Waals surface area (Å²) in [6.07, 6.45) is -4.56. The van der Waals surface area contributed by atoms with Crippen LogP contribution in [0.5, 0.6) is 5.88 Å². The maximum absolute atomic E-state index is 13.2. The Balaban J connectivity index is 2.63. The van der Waals surface area contributed by atoms with Gasteiger partial charge in [-0.3, -0.25) is 0 Å². The van der Waals surface area contributed by atoms with Crippen LogP contribution >= 0.6 is 0 Å². The van der Waals surface area contributed by atoms with Gasteiger partial charge in [-0.25, -0.2) is 4.98 Å². The number of pyridine rings is 1. The molecule has 1 heterocycles. The molecule has 0 atom stereocenters. The Kier molecular flexibility index (Phi) is 4.91. The zero-order valence-corrected chi connectivity index (χ0v) is 13.4. The van der Waals surface area contributed by atoms with E-state index in [4.69, 9.17) is 4.74 Å². The standard InChI is InChI=1S/C16H17BF3NO3/c1-15(2,3)24-14-9-10(17(22)23)8-13(21-14)11-6-4-5-7-12(11)16(18,19)20/h4-9,22-23H,1-3H3. The molecule has 2 rings (SSSR count). The van der Waals surface area contributed by atoms with Crippen LogP contribution in [-0.2, 0) is 6.18 Å². The normalized spacial score (nSPS) is 12.2.